The highest BCUT2D eigenvalue weighted by atomic mass is 32.2. The molecule has 0 bridgehead atoms. The van der Waals surface area contributed by atoms with Gasteiger partial charge in [0.15, 0.2) is 0 Å². The third-order valence-corrected chi connectivity index (χ3v) is 3.72. The van der Waals surface area contributed by atoms with Crippen LogP contribution in [0.15, 0.2) is 53.4 Å². The van der Waals surface area contributed by atoms with Crippen LogP contribution in [0.3, 0.4) is 0 Å². The van der Waals surface area contributed by atoms with Crippen molar-refractivity contribution < 1.29 is 9.53 Å². The second kappa shape index (κ2) is 6.43. The predicted molar refractivity (Wildman–Crippen MR) is 78.8 cm³/mol. The summed E-state index contributed by atoms with van der Waals surface area (Å²) in [6.07, 6.45) is 2.79. The maximum atomic E-state index is 11.7. The molecule has 3 heteroatoms. The van der Waals surface area contributed by atoms with Crippen molar-refractivity contribution >= 4 is 17.7 Å². The summed E-state index contributed by atoms with van der Waals surface area (Å²) in [6, 6.07) is 16.0. The van der Waals surface area contributed by atoms with E-state index in [0.717, 1.165) is 12.0 Å². The molecule has 0 atom stereocenters. The van der Waals surface area contributed by atoms with Gasteiger partial charge in [-0.15, -0.1) is 11.8 Å². The minimum atomic E-state index is -0.281. The van der Waals surface area contributed by atoms with Gasteiger partial charge in [0.2, 0.25) is 0 Å². The summed E-state index contributed by atoms with van der Waals surface area (Å²) >= 11 is 1.72. The zero-order valence-electron chi connectivity index (χ0n) is 11.1. The molecule has 2 rings (SSSR count). The van der Waals surface area contributed by atoms with Crippen molar-refractivity contribution in [2.75, 3.05) is 13.4 Å². The molecule has 0 saturated carbocycles. The van der Waals surface area contributed by atoms with Gasteiger partial charge in [-0.1, -0.05) is 30.3 Å². The van der Waals surface area contributed by atoms with E-state index in [4.69, 9.17) is 4.74 Å². The molecule has 2 aromatic rings. The van der Waals surface area contributed by atoms with Gasteiger partial charge in [-0.2, -0.15) is 0 Å². The van der Waals surface area contributed by atoms with Crippen molar-refractivity contribution in [1.82, 2.24) is 0 Å². The van der Waals surface area contributed by atoms with Gasteiger partial charge in [-0.05, 0) is 42.0 Å². The van der Waals surface area contributed by atoms with Crippen molar-refractivity contribution in [3.05, 3.63) is 65.2 Å². The fourth-order valence-electron chi connectivity index (χ4n) is 1.95. The summed E-state index contributed by atoms with van der Waals surface area (Å²) < 4.78 is 4.81. The Hall–Kier alpha value is -1.74. The summed E-state index contributed by atoms with van der Waals surface area (Å²) in [5.74, 6) is -0.281. The van der Waals surface area contributed by atoms with Crippen molar-refractivity contribution in [2.24, 2.45) is 0 Å². The summed E-state index contributed by atoms with van der Waals surface area (Å²) in [4.78, 5) is 12.9. The Morgan fingerprint density at radius 1 is 1.11 bits per heavy atom. The molecule has 0 spiro atoms. The Bertz CT molecular complexity index is 561. The molecule has 2 aromatic carbocycles. The van der Waals surface area contributed by atoms with Crippen molar-refractivity contribution in [2.45, 2.75) is 11.3 Å². The van der Waals surface area contributed by atoms with Gasteiger partial charge < -0.3 is 4.74 Å². The van der Waals surface area contributed by atoms with Gasteiger partial charge in [-0.3, -0.25) is 0 Å². The van der Waals surface area contributed by atoms with E-state index in [1.165, 1.54) is 17.6 Å². The molecule has 0 aliphatic carbocycles. The van der Waals surface area contributed by atoms with Crippen molar-refractivity contribution in [1.29, 1.82) is 0 Å². The van der Waals surface area contributed by atoms with E-state index >= 15 is 0 Å². The van der Waals surface area contributed by atoms with E-state index in [1.807, 2.05) is 18.2 Å². The Morgan fingerprint density at radius 2 is 1.79 bits per heavy atom. The van der Waals surface area contributed by atoms with Crippen LogP contribution >= 0.6 is 11.8 Å². The molecular formula is C16H16O2S. The second-order valence-electron chi connectivity index (χ2n) is 4.17. The lowest BCUT2D eigenvalue weighted by molar-refractivity contribution is 0.0599. The molecule has 0 aromatic heterocycles. The fraction of sp³-hybridized carbons (Fsp3) is 0.188. The number of rotatable bonds is 4. The summed E-state index contributed by atoms with van der Waals surface area (Å²) in [6.45, 7) is 0. The lowest BCUT2D eigenvalue weighted by Crippen LogP contribution is -2.05. The SMILES string of the molecule is COC(=O)c1ccccc1Cc1ccc(SC)cc1. The number of esters is 1. The Balaban J connectivity index is 2.25. The average Bonchev–Trinajstić information content (AvgIpc) is 2.48. The van der Waals surface area contributed by atoms with Crippen molar-refractivity contribution in [3.63, 3.8) is 0 Å². The monoisotopic (exact) mass is 272 g/mol. The highest BCUT2D eigenvalue weighted by Gasteiger charge is 2.10. The Labute approximate surface area is 117 Å². The first-order valence-corrected chi connectivity index (χ1v) is 7.26. The van der Waals surface area contributed by atoms with Gasteiger partial charge in [0.05, 0.1) is 12.7 Å². The zero-order valence-corrected chi connectivity index (χ0v) is 11.9. The van der Waals surface area contributed by atoms with E-state index in [9.17, 15) is 4.79 Å². The molecule has 0 fully saturated rings. The third kappa shape index (κ3) is 3.38. The number of benzene rings is 2. The Kier molecular flexibility index (Phi) is 4.63. The van der Waals surface area contributed by atoms with Gasteiger partial charge >= 0.3 is 5.97 Å². The molecule has 98 valence electrons. The highest BCUT2D eigenvalue weighted by Crippen LogP contribution is 2.19. The topological polar surface area (TPSA) is 26.3 Å². The average molecular weight is 272 g/mol. The van der Waals surface area contributed by atoms with E-state index in [-0.39, 0.29) is 5.97 Å². The summed E-state index contributed by atoms with van der Waals surface area (Å²) in [5.41, 5.74) is 2.82. The predicted octanol–water partition coefficient (Wildman–Crippen LogP) is 3.79. The van der Waals surface area contributed by atoms with Crippen LogP contribution in [-0.4, -0.2) is 19.3 Å². The van der Waals surface area contributed by atoms with Crippen LogP contribution in [0.25, 0.3) is 0 Å². The lowest BCUT2D eigenvalue weighted by Gasteiger charge is -2.08. The van der Waals surface area contributed by atoms with Gasteiger partial charge in [0, 0.05) is 4.90 Å². The third-order valence-electron chi connectivity index (χ3n) is 2.98. The molecule has 0 aliphatic rings. The molecule has 0 aliphatic heterocycles. The smallest absolute Gasteiger partial charge is 0.338 e. The number of carbonyl (C=O) groups is 1. The quantitative estimate of drug-likeness (QED) is 0.626. The molecule has 0 saturated heterocycles. The highest BCUT2D eigenvalue weighted by molar-refractivity contribution is 7.98. The van der Waals surface area contributed by atoms with E-state index in [2.05, 4.69) is 30.5 Å². The molecule has 0 unspecified atom stereocenters. The molecule has 0 heterocycles. The first kappa shape index (κ1) is 13.7. The van der Waals surface area contributed by atoms with Crippen LogP contribution in [0.5, 0.6) is 0 Å². The second-order valence-corrected chi connectivity index (χ2v) is 5.05. The largest absolute Gasteiger partial charge is 0.465 e. The summed E-state index contributed by atoms with van der Waals surface area (Å²) in [7, 11) is 1.41. The van der Waals surface area contributed by atoms with Crippen LogP contribution in [0.2, 0.25) is 0 Å². The molecule has 0 radical (unpaired) electrons. The van der Waals surface area contributed by atoms with Crippen LogP contribution < -0.4 is 0 Å². The molecule has 19 heavy (non-hydrogen) atoms. The maximum absolute atomic E-state index is 11.7. The van der Waals surface area contributed by atoms with E-state index in [0.29, 0.717) is 5.56 Å². The molecule has 2 nitrogen and oxygen atoms in total. The minimum absolute atomic E-state index is 0.281. The standard InChI is InChI=1S/C16H16O2S/c1-18-16(17)15-6-4-3-5-13(15)11-12-7-9-14(19-2)10-8-12/h3-10H,11H2,1-2H3. The first-order valence-electron chi connectivity index (χ1n) is 6.03. The van der Waals surface area contributed by atoms with Crippen LogP contribution in [0.4, 0.5) is 0 Å². The molecular weight excluding hydrogens is 256 g/mol. The number of carbonyl (C=O) groups excluding carboxylic acids is 1. The van der Waals surface area contributed by atoms with Gasteiger partial charge in [0.25, 0.3) is 0 Å². The number of ether oxygens (including phenoxy) is 1. The van der Waals surface area contributed by atoms with Crippen LogP contribution in [0.1, 0.15) is 21.5 Å². The number of hydrogen-bond donors (Lipinski definition) is 0. The number of thioether (sulfide) groups is 1. The zero-order chi connectivity index (χ0) is 13.7. The summed E-state index contributed by atoms with van der Waals surface area (Å²) in [5, 5.41) is 0. The molecule has 0 N–H and O–H groups in total. The first-order chi connectivity index (χ1) is 9.24. The maximum Gasteiger partial charge on any atom is 0.338 e. The number of hydrogen-bond acceptors (Lipinski definition) is 3. The van der Waals surface area contributed by atoms with E-state index < -0.39 is 0 Å². The van der Waals surface area contributed by atoms with Gasteiger partial charge in [0.1, 0.15) is 0 Å². The minimum Gasteiger partial charge on any atom is -0.465 e. The Morgan fingerprint density at radius 3 is 2.42 bits per heavy atom. The van der Waals surface area contributed by atoms with Crippen LogP contribution in [0, 0.1) is 0 Å². The van der Waals surface area contributed by atoms with Crippen molar-refractivity contribution in [3.8, 4) is 0 Å². The number of methoxy groups -OCH3 is 1. The van der Waals surface area contributed by atoms with Gasteiger partial charge in [-0.25, -0.2) is 4.79 Å². The van der Waals surface area contributed by atoms with E-state index in [1.54, 1.807) is 17.8 Å². The normalized spacial score (nSPS) is 10.2. The molecule has 0 amide bonds. The van der Waals surface area contributed by atoms with Crippen LogP contribution in [-0.2, 0) is 11.2 Å². The fourth-order valence-corrected chi connectivity index (χ4v) is 2.36. The lowest BCUT2D eigenvalue weighted by atomic mass is 10.00.